The number of piperidine rings is 1. The average molecular weight is 534 g/mol. The van der Waals surface area contributed by atoms with Crippen molar-refractivity contribution in [3.8, 4) is 17.1 Å². The van der Waals surface area contributed by atoms with Gasteiger partial charge in [0.1, 0.15) is 11.2 Å². The fraction of sp³-hybridized carbons (Fsp3) is 0.429. The summed E-state index contributed by atoms with van der Waals surface area (Å²) in [7, 11) is 4.74. The minimum Gasteiger partial charge on any atom is -0.464 e. The van der Waals surface area contributed by atoms with E-state index in [1.165, 1.54) is 31.3 Å². The molecule has 0 saturated carbocycles. The van der Waals surface area contributed by atoms with Crippen LogP contribution in [-0.2, 0) is 11.8 Å². The number of anilines is 1. The number of carbonyl (C=O) groups is 1. The first-order valence-corrected chi connectivity index (χ1v) is 13.3. The predicted molar refractivity (Wildman–Crippen MR) is 147 cm³/mol. The van der Waals surface area contributed by atoms with Crippen LogP contribution < -0.4 is 15.0 Å². The normalized spacial score (nSPS) is 16.6. The van der Waals surface area contributed by atoms with Gasteiger partial charge in [0.15, 0.2) is 24.2 Å². The number of fused-ring (bicyclic) bond motifs is 2. The molecule has 0 atom stereocenters. The molecule has 6 rings (SSSR count). The largest absolute Gasteiger partial charge is 0.464 e. The molecule has 0 bridgehead atoms. The number of carbonyl (C=O) groups excluding carboxylic acids is 1. The van der Waals surface area contributed by atoms with Crippen molar-refractivity contribution in [3.05, 3.63) is 42.0 Å². The van der Waals surface area contributed by atoms with Crippen LogP contribution in [-0.4, -0.2) is 83.7 Å². The average Bonchev–Trinajstić information content (AvgIpc) is 3.31. The third kappa shape index (κ3) is 4.65. The van der Waals surface area contributed by atoms with Crippen molar-refractivity contribution in [1.29, 1.82) is 0 Å². The maximum Gasteiger partial charge on any atom is 0.270 e. The van der Waals surface area contributed by atoms with Gasteiger partial charge in [0, 0.05) is 63.0 Å². The second-order valence-electron chi connectivity index (χ2n) is 10.1. The standard InChI is InChI=1S/C28H32FN7O3/c1-30-28(37)25-20-14-19(36-11-7-18(8-12-36)35-9-4-10-35)5-6-22(20)31-27(32-25)21-13-17-15-34(2)33-24(17)23(29)26(21)39-16-38-3/h5-6,13-15,18H,4,7-12,16H2,1-3H3,(H,30,37). The first kappa shape index (κ1) is 25.4. The van der Waals surface area contributed by atoms with Crippen molar-refractivity contribution in [1.82, 2.24) is 30.0 Å². The Kier molecular flexibility index (Phi) is 6.78. The minimum atomic E-state index is -0.637. The van der Waals surface area contributed by atoms with Crippen LogP contribution in [0.5, 0.6) is 5.75 Å². The number of hydrogen-bond acceptors (Lipinski definition) is 8. The summed E-state index contributed by atoms with van der Waals surface area (Å²) in [6.45, 7) is 4.18. The summed E-state index contributed by atoms with van der Waals surface area (Å²) >= 11 is 0. The molecule has 0 unspecified atom stereocenters. The van der Waals surface area contributed by atoms with Gasteiger partial charge in [-0.3, -0.25) is 9.48 Å². The van der Waals surface area contributed by atoms with Crippen LogP contribution >= 0.6 is 0 Å². The van der Waals surface area contributed by atoms with Crippen LogP contribution in [0.1, 0.15) is 29.8 Å². The van der Waals surface area contributed by atoms with Crippen molar-refractivity contribution >= 4 is 33.4 Å². The van der Waals surface area contributed by atoms with E-state index in [-0.39, 0.29) is 35.5 Å². The Bertz CT molecular complexity index is 1540. The van der Waals surface area contributed by atoms with E-state index >= 15 is 4.39 Å². The predicted octanol–water partition coefficient (Wildman–Crippen LogP) is 3.34. The molecule has 0 aliphatic carbocycles. The van der Waals surface area contributed by atoms with Crippen molar-refractivity contribution < 1.29 is 18.7 Å². The molecular weight excluding hydrogens is 501 g/mol. The third-order valence-electron chi connectivity index (χ3n) is 7.73. The highest BCUT2D eigenvalue weighted by atomic mass is 19.1. The second-order valence-corrected chi connectivity index (χ2v) is 10.1. The number of halogens is 1. The zero-order chi connectivity index (χ0) is 27.1. The SMILES string of the molecule is CNC(=O)c1nc(-c2cc3cn(C)nc3c(F)c2OCOC)nc2ccc(N3CCC(N4CCC4)CC3)cc12. The molecule has 2 aromatic carbocycles. The number of aromatic nitrogens is 4. The van der Waals surface area contributed by atoms with E-state index in [0.29, 0.717) is 27.9 Å². The van der Waals surface area contributed by atoms with Gasteiger partial charge >= 0.3 is 0 Å². The number of benzene rings is 2. The smallest absolute Gasteiger partial charge is 0.270 e. The third-order valence-corrected chi connectivity index (χ3v) is 7.73. The Balaban J connectivity index is 1.42. The zero-order valence-electron chi connectivity index (χ0n) is 22.4. The number of ether oxygens (including phenoxy) is 2. The highest BCUT2D eigenvalue weighted by Gasteiger charge is 2.28. The Labute approximate surface area is 225 Å². The van der Waals surface area contributed by atoms with Crippen LogP contribution in [0.25, 0.3) is 33.2 Å². The number of nitrogens with one attached hydrogen (secondary N) is 1. The lowest BCUT2D eigenvalue weighted by Gasteiger charge is -2.43. The quantitative estimate of drug-likeness (QED) is 0.362. The van der Waals surface area contributed by atoms with E-state index in [9.17, 15) is 4.79 Å². The number of methoxy groups -OCH3 is 1. The monoisotopic (exact) mass is 533 g/mol. The van der Waals surface area contributed by atoms with Gasteiger partial charge in [0.2, 0.25) is 0 Å². The van der Waals surface area contributed by atoms with Crippen molar-refractivity contribution in [3.63, 3.8) is 0 Å². The Morgan fingerprint density at radius 1 is 1.15 bits per heavy atom. The molecule has 4 heterocycles. The molecule has 2 aromatic heterocycles. The van der Waals surface area contributed by atoms with Crippen LogP contribution in [0.2, 0.25) is 0 Å². The van der Waals surface area contributed by atoms with Gasteiger partial charge in [-0.1, -0.05) is 0 Å². The highest BCUT2D eigenvalue weighted by molar-refractivity contribution is 6.06. The maximum absolute atomic E-state index is 15.6. The molecule has 10 nitrogen and oxygen atoms in total. The number of likely N-dealkylation sites (tertiary alicyclic amines) is 1. The summed E-state index contributed by atoms with van der Waals surface area (Å²) in [5.41, 5.74) is 2.33. The van der Waals surface area contributed by atoms with Crippen molar-refractivity contribution in [2.45, 2.75) is 25.3 Å². The Hall–Kier alpha value is -3.83. The molecule has 2 saturated heterocycles. The van der Waals surface area contributed by atoms with Crippen molar-refractivity contribution in [2.75, 3.05) is 52.0 Å². The molecule has 39 heavy (non-hydrogen) atoms. The zero-order valence-corrected chi connectivity index (χ0v) is 22.4. The maximum atomic E-state index is 15.6. The lowest BCUT2D eigenvalue weighted by Crippen LogP contribution is -2.50. The molecule has 11 heteroatoms. The number of amides is 1. The molecule has 4 aromatic rings. The first-order valence-electron chi connectivity index (χ1n) is 13.3. The Morgan fingerprint density at radius 2 is 1.95 bits per heavy atom. The number of nitrogens with zero attached hydrogens (tertiary/aromatic N) is 6. The van der Waals surface area contributed by atoms with Gasteiger partial charge in [0.05, 0.1) is 11.1 Å². The van der Waals surface area contributed by atoms with Gasteiger partial charge in [-0.25, -0.2) is 14.4 Å². The molecular formula is C28H32FN7O3. The van der Waals surface area contributed by atoms with Gasteiger partial charge < -0.3 is 24.6 Å². The molecule has 0 radical (unpaired) electrons. The Morgan fingerprint density at radius 3 is 2.64 bits per heavy atom. The van der Waals surface area contributed by atoms with Gasteiger partial charge in [-0.05, 0) is 56.6 Å². The molecule has 2 aliphatic heterocycles. The van der Waals surface area contributed by atoms with Crippen LogP contribution in [0.15, 0.2) is 30.5 Å². The van der Waals surface area contributed by atoms with Gasteiger partial charge in [0.25, 0.3) is 5.91 Å². The lowest BCUT2D eigenvalue weighted by atomic mass is 9.99. The fourth-order valence-corrected chi connectivity index (χ4v) is 5.57. The van der Waals surface area contributed by atoms with E-state index < -0.39 is 5.82 Å². The highest BCUT2D eigenvalue weighted by Crippen LogP contribution is 2.37. The molecule has 1 amide bonds. The van der Waals surface area contributed by atoms with E-state index in [2.05, 4.69) is 25.2 Å². The number of aryl methyl sites for hydroxylation is 1. The lowest BCUT2D eigenvalue weighted by molar-refractivity contribution is 0.0489. The molecule has 204 valence electrons. The summed E-state index contributed by atoms with van der Waals surface area (Å²) in [5, 5.41) is 8.11. The topological polar surface area (TPSA) is 97.6 Å². The van der Waals surface area contributed by atoms with E-state index in [0.717, 1.165) is 31.6 Å². The van der Waals surface area contributed by atoms with Crippen LogP contribution in [0.3, 0.4) is 0 Å². The fourth-order valence-electron chi connectivity index (χ4n) is 5.57. The first-order chi connectivity index (χ1) is 19.0. The summed E-state index contributed by atoms with van der Waals surface area (Å²) in [6, 6.07) is 8.31. The van der Waals surface area contributed by atoms with E-state index in [1.807, 2.05) is 18.2 Å². The summed E-state index contributed by atoms with van der Waals surface area (Å²) in [4.78, 5) is 27.4. The summed E-state index contributed by atoms with van der Waals surface area (Å²) in [5.74, 6) is -0.881. The minimum absolute atomic E-state index is 0.0769. The summed E-state index contributed by atoms with van der Waals surface area (Å²) in [6.07, 6.45) is 5.27. The molecule has 0 spiro atoms. The van der Waals surface area contributed by atoms with Crippen LogP contribution in [0.4, 0.5) is 10.1 Å². The van der Waals surface area contributed by atoms with Gasteiger partial charge in [-0.2, -0.15) is 5.10 Å². The molecule has 2 fully saturated rings. The molecule has 2 aliphatic rings. The van der Waals surface area contributed by atoms with Crippen molar-refractivity contribution in [2.24, 2.45) is 7.05 Å². The number of hydrogen-bond donors (Lipinski definition) is 1. The van der Waals surface area contributed by atoms with E-state index in [1.54, 1.807) is 26.4 Å². The summed E-state index contributed by atoms with van der Waals surface area (Å²) < 4.78 is 27.7. The second kappa shape index (κ2) is 10.4. The van der Waals surface area contributed by atoms with E-state index in [4.69, 9.17) is 14.5 Å². The van der Waals surface area contributed by atoms with Gasteiger partial charge in [-0.15, -0.1) is 0 Å². The number of rotatable bonds is 7. The van der Waals surface area contributed by atoms with Crippen LogP contribution in [0, 0.1) is 5.82 Å². The molecule has 1 N–H and O–H groups in total.